The van der Waals surface area contributed by atoms with Crippen LogP contribution < -0.4 is 14.8 Å². The molecule has 0 aliphatic carbocycles. The Kier molecular flexibility index (Phi) is 4.62. The number of carbonyl (C=O) groups excluding carboxylic acids is 1. The molecule has 124 valence electrons. The molecule has 1 heterocycles. The quantitative estimate of drug-likeness (QED) is 0.762. The van der Waals surface area contributed by atoms with E-state index in [1.54, 1.807) is 32.4 Å². The van der Waals surface area contributed by atoms with E-state index in [2.05, 4.69) is 5.32 Å². The van der Waals surface area contributed by atoms with Crippen molar-refractivity contribution in [1.29, 1.82) is 0 Å². The van der Waals surface area contributed by atoms with Crippen LogP contribution in [0.1, 0.15) is 0 Å². The van der Waals surface area contributed by atoms with E-state index in [-0.39, 0.29) is 12.5 Å². The van der Waals surface area contributed by atoms with Crippen molar-refractivity contribution in [2.45, 2.75) is 6.54 Å². The first kappa shape index (κ1) is 16.2. The van der Waals surface area contributed by atoms with Crippen molar-refractivity contribution in [1.82, 2.24) is 4.57 Å². The Morgan fingerprint density at radius 2 is 1.88 bits per heavy atom. The van der Waals surface area contributed by atoms with Crippen molar-refractivity contribution in [2.24, 2.45) is 0 Å². The van der Waals surface area contributed by atoms with E-state index < -0.39 is 0 Å². The molecular weight excluding hydrogens is 328 g/mol. The number of nitrogens with zero attached hydrogens (tertiary/aromatic N) is 1. The molecule has 1 aromatic heterocycles. The standard InChI is InChI=1S/C18H17ClN2O3/c1-23-16-6-5-14(10-17(16)24-2)20-18(22)11-21-8-7-12-3-4-13(19)9-15(12)21/h3-10H,11H2,1-2H3,(H,20,22). The molecule has 0 saturated heterocycles. The van der Waals surface area contributed by atoms with Crippen LogP contribution in [-0.4, -0.2) is 24.7 Å². The summed E-state index contributed by atoms with van der Waals surface area (Å²) in [5.41, 5.74) is 1.57. The number of fused-ring (bicyclic) bond motifs is 1. The van der Waals surface area contributed by atoms with Crippen molar-refractivity contribution in [3.63, 3.8) is 0 Å². The summed E-state index contributed by atoms with van der Waals surface area (Å²) in [6.07, 6.45) is 1.87. The van der Waals surface area contributed by atoms with Crippen LogP contribution in [0.25, 0.3) is 10.9 Å². The number of methoxy groups -OCH3 is 2. The first-order valence-corrected chi connectivity index (χ1v) is 7.75. The summed E-state index contributed by atoms with van der Waals surface area (Å²) in [5, 5.41) is 4.54. The van der Waals surface area contributed by atoms with E-state index in [0.717, 1.165) is 10.9 Å². The molecule has 1 N–H and O–H groups in total. The molecule has 0 aliphatic heterocycles. The van der Waals surface area contributed by atoms with Crippen molar-refractivity contribution in [3.05, 3.63) is 53.7 Å². The Labute approximate surface area is 144 Å². The summed E-state index contributed by atoms with van der Waals surface area (Å²) < 4.78 is 12.3. The molecule has 3 aromatic rings. The molecule has 0 saturated carbocycles. The van der Waals surface area contributed by atoms with Crippen LogP contribution in [-0.2, 0) is 11.3 Å². The second-order valence-corrected chi connectivity index (χ2v) is 5.70. The van der Waals surface area contributed by atoms with Crippen molar-refractivity contribution >= 4 is 34.1 Å². The average Bonchev–Trinajstić information content (AvgIpc) is 2.96. The zero-order chi connectivity index (χ0) is 17.1. The van der Waals surface area contributed by atoms with Gasteiger partial charge in [-0.15, -0.1) is 0 Å². The van der Waals surface area contributed by atoms with Crippen LogP contribution in [0.2, 0.25) is 5.02 Å². The van der Waals surface area contributed by atoms with Crippen LogP contribution in [0.3, 0.4) is 0 Å². The number of benzene rings is 2. The van der Waals surface area contributed by atoms with Gasteiger partial charge in [0, 0.05) is 28.5 Å². The summed E-state index contributed by atoms with van der Waals surface area (Å²) in [6.45, 7) is 0.193. The number of halogens is 1. The van der Waals surface area contributed by atoms with Crippen LogP contribution >= 0.6 is 11.6 Å². The first-order valence-electron chi connectivity index (χ1n) is 7.37. The third-order valence-corrected chi connectivity index (χ3v) is 3.95. The molecule has 0 radical (unpaired) electrons. The topological polar surface area (TPSA) is 52.5 Å². The van der Waals surface area contributed by atoms with E-state index in [0.29, 0.717) is 22.2 Å². The van der Waals surface area contributed by atoms with Gasteiger partial charge in [0.05, 0.1) is 14.2 Å². The van der Waals surface area contributed by atoms with Gasteiger partial charge in [-0.3, -0.25) is 4.79 Å². The Morgan fingerprint density at radius 3 is 2.62 bits per heavy atom. The molecular formula is C18H17ClN2O3. The molecule has 1 amide bonds. The molecule has 0 atom stereocenters. The number of hydrogen-bond donors (Lipinski definition) is 1. The molecule has 24 heavy (non-hydrogen) atoms. The highest BCUT2D eigenvalue weighted by Gasteiger charge is 2.09. The number of carbonyl (C=O) groups is 1. The predicted octanol–water partition coefficient (Wildman–Crippen LogP) is 3.95. The highest BCUT2D eigenvalue weighted by molar-refractivity contribution is 6.31. The molecule has 5 nitrogen and oxygen atoms in total. The SMILES string of the molecule is COc1ccc(NC(=O)Cn2ccc3ccc(Cl)cc32)cc1OC. The molecule has 0 fully saturated rings. The number of ether oxygens (including phenoxy) is 2. The second-order valence-electron chi connectivity index (χ2n) is 5.26. The van der Waals surface area contributed by atoms with Crippen LogP contribution in [0.4, 0.5) is 5.69 Å². The fraction of sp³-hybridized carbons (Fsp3) is 0.167. The number of anilines is 1. The summed E-state index contributed by atoms with van der Waals surface area (Å²) in [4.78, 5) is 12.3. The maximum Gasteiger partial charge on any atom is 0.244 e. The minimum Gasteiger partial charge on any atom is -0.493 e. The average molecular weight is 345 g/mol. The van der Waals surface area contributed by atoms with Gasteiger partial charge in [-0.25, -0.2) is 0 Å². The normalized spacial score (nSPS) is 10.6. The van der Waals surface area contributed by atoms with Gasteiger partial charge in [-0.2, -0.15) is 0 Å². The van der Waals surface area contributed by atoms with Gasteiger partial charge in [-0.05, 0) is 35.7 Å². The first-order chi connectivity index (χ1) is 11.6. The third-order valence-electron chi connectivity index (χ3n) is 3.72. The Bertz CT molecular complexity index is 889. The zero-order valence-electron chi connectivity index (χ0n) is 13.4. The van der Waals surface area contributed by atoms with Gasteiger partial charge < -0.3 is 19.4 Å². The maximum atomic E-state index is 12.3. The van der Waals surface area contributed by atoms with E-state index in [9.17, 15) is 4.79 Å². The lowest BCUT2D eigenvalue weighted by molar-refractivity contribution is -0.116. The third kappa shape index (κ3) is 3.31. The lowest BCUT2D eigenvalue weighted by atomic mass is 10.2. The van der Waals surface area contributed by atoms with Gasteiger partial charge in [-0.1, -0.05) is 17.7 Å². The van der Waals surface area contributed by atoms with E-state index >= 15 is 0 Å². The highest BCUT2D eigenvalue weighted by atomic mass is 35.5. The second kappa shape index (κ2) is 6.84. The minimum atomic E-state index is -0.139. The van der Waals surface area contributed by atoms with Crippen LogP contribution in [0, 0.1) is 0 Å². The number of nitrogens with one attached hydrogen (secondary N) is 1. The maximum absolute atomic E-state index is 12.3. The van der Waals surface area contributed by atoms with Gasteiger partial charge in [0.25, 0.3) is 0 Å². The molecule has 0 bridgehead atoms. The molecule has 0 unspecified atom stereocenters. The minimum absolute atomic E-state index is 0.139. The van der Waals surface area contributed by atoms with Crippen LogP contribution in [0.5, 0.6) is 11.5 Å². The van der Waals surface area contributed by atoms with Crippen LogP contribution in [0.15, 0.2) is 48.7 Å². The molecule has 2 aromatic carbocycles. The van der Waals surface area contributed by atoms with Crippen molar-refractivity contribution in [3.8, 4) is 11.5 Å². The van der Waals surface area contributed by atoms with Crippen molar-refractivity contribution < 1.29 is 14.3 Å². The lowest BCUT2D eigenvalue weighted by Gasteiger charge is -2.11. The highest BCUT2D eigenvalue weighted by Crippen LogP contribution is 2.29. The zero-order valence-corrected chi connectivity index (χ0v) is 14.1. The van der Waals surface area contributed by atoms with Gasteiger partial charge in [0.2, 0.25) is 5.91 Å². The predicted molar refractivity (Wildman–Crippen MR) is 95.1 cm³/mol. The fourth-order valence-corrected chi connectivity index (χ4v) is 2.73. The van der Waals surface area contributed by atoms with E-state index in [1.165, 1.54) is 0 Å². The number of rotatable bonds is 5. The molecule has 0 spiro atoms. The number of amides is 1. The summed E-state index contributed by atoms with van der Waals surface area (Å²) in [6, 6.07) is 12.8. The van der Waals surface area contributed by atoms with E-state index in [1.807, 2.05) is 35.0 Å². The van der Waals surface area contributed by atoms with Gasteiger partial charge >= 0.3 is 0 Å². The van der Waals surface area contributed by atoms with Gasteiger partial charge in [0.1, 0.15) is 6.54 Å². The molecule has 6 heteroatoms. The monoisotopic (exact) mass is 344 g/mol. The Hall–Kier alpha value is -2.66. The largest absolute Gasteiger partial charge is 0.493 e. The molecule has 0 aliphatic rings. The summed E-state index contributed by atoms with van der Waals surface area (Å²) >= 11 is 6.04. The van der Waals surface area contributed by atoms with Gasteiger partial charge in [0.15, 0.2) is 11.5 Å². The van der Waals surface area contributed by atoms with Crippen molar-refractivity contribution in [2.75, 3.05) is 19.5 Å². The summed E-state index contributed by atoms with van der Waals surface area (Å²) in [7, 11) is 3.12. The Balaban J connectivity index is 1.76. The Morgan fingerprint density at radius 1 is 1.08 bits per heavy atom. The number of aromatic nitrogens is 1. The summed E-state index contributed by atoms with van der Waals surface area (Å²) in [5.74, 6) is 1.04. The molecule has 3 rings (SSSR count). The number of hydrogen-bond acceptors (Lipinski definition) is 3. The fourth-order valence-electron chi connectivity index (χ4n) is 2.56. The van der Waals surface area contributed by atoms with E-state index in [4.69, 9.17) is 21.1 Å². The lowest BCUT2D eigenvalue weighted by Crippen LogP contribution is -2.18. The smallest absolute Gasteiger partial charge is 0.244 e.